The highest BCUT2D eigenvalue weighted by atomic mass is 16.5. The Morgan fingerprint density at radius 1 is 1.15 bits per heavy atom. The van der Waals surface area contributed by atoms with Gasteiger partial charge in [0.1, 0.15) is 6.61 Å². The number of fused-ring (bicyclic) bond motifs is 2. The fraction of sp³-hybridized carbons (Fsp3) is 0.480. The van der Waals surface area contributed by atoms with Gasteiger partial charge in [0.25, 0.3) is 5.91 Å². The second-order valence-corrected chi connectivity index (χ2v) is 9.28. The summed E-state index contributed by atoms with van der Waals surface area (Å²) in [5.41, 5.74) is 0.835. The zero-order valence-electron chi connectivity index (χ0n) is 19.4. The van der Waals surface area contributed by atoms with Crippen LogP contribution in [0, 0.1) is 5.41 Å². The average Bonchev–Trinajstić information content (AvgIpc) is 3.47. The topological polar surface area (TPSA) is 88.5 Å². The van der Waals surface area contributed by atoms with Crippen LogP contribution in [0.3, 0.4) is 0 Å². The molecule has 1 aromatic heterocycles. The first-order valence-electron chi connectivity index (χ1n) is 11.7. The van der Waals surface area contributed by atoms with Crippen molar-refractivity contribution >= 4 is 11.8 Å². The number of nitrogens with zero attached hydrogens (tertiary/aromatic N) is 3. The highest BCUT2D eigenvalue weighted by Crippen LogP contribution is 2.33. The number of amides is 2. The molecule has 1 unspecified atom stereocenters. The number of ether oxygens (including phenoxy) is 1. The summed E-state index contributed by atoms with van der Waals surface area (Å²) in [6.45, 7) is 7.05. The monoisotopic (exact) mass is 451 g/mol. The summed E-state index contributed by atoms with van der Waals surface area (Å²) in [7, 11) is 0. The Morgan fingerprint density at radius 3 is 2.79 bits per heavy atom. The van der Waals surface area contributed by atoms with E-state index in [0.717, 1.165) is 25.1 Å². The molecule has 0 spiro atoms. The second-order valence-electron chi connectivity index (χ2n) is 9.28. The number of hydrogen-bond donors (Lipinski definition) is 2. The van der Waals surface area contributed by atoms with E-state index in [1.807, 2.05) is 47.4 Å². The number of carbonyl (C=O) groups is 2. The predicted molar refractivity (Wildman–Crippen MR) is 127 cm³/mol. The van der Waals surface area contributed by atoms with E-state index in [4.69, 9.17) is 4.74 Å². The van der Waals surface area contributed by atoms with E-state index in [2.05, 4.69) is 29.6 Å². The first-order chi connectivity index (χ1) is 16.0. The molecule has 2 aromatic rings. The Labute approximate surface area is 195 Å². The highest BCUT2D eigenvalue weighted by molar-refractivity contribution is 5.95. The number of hydrogen-bond acceptors (Lipinski definition) is 5. The molecule has 8 heteroatoms. The lowest BCUT2D eigenvalue weighted by Gasteiger charge is -2.38. The van der Waals surface area contributed by atoms with E-state index in [0.29, 0.717) is 38.4 Å². The minimum atomic E-state index is -0.279. The Morgan fingerprint density at radius 2 is 1.97 bits per heavy atom. The van der Waals surface area contributed by atoms with E-state index >= 15 is 0 Å². The van der Waals surface area contributed by atoms with Crippen molar-refractivity contribution in [3.63, 3.8) is 0 Å². The van der Waals surface area contributed by atoms with Crippen molar-refractivity contribution in [2.45, 2.75) is 39.2 Å². The lowest BCUT2D eigenvalue weighted by Crippen LogP contribution is -2.49. The molecule has 0 saturated carbocycles. The van der Waals surface area contributed by atoms with Gasteiger partial charge in [0, 0.05) is 44.1 Å². The summed E-state index contributed by atoms with van der Waals surface area (Å²) < 4.78 is 7.57. The summed E-state index contributed by atoms with van der Waals surface area (Å²) in [5, 5.41) is 10.9. The molecule has 2 aliphatic heterocycles. The average molecular weight is 452 g/mol. The van der Waals surface area contributed by atoms with Gasteiger partial charge in [-0.2, -0.15) is 5.10 Å². The summed E-state index contributed by atoms with van der Waals surface area (Å²) in [6.07, 6.45) is 8.01. The van der Waals surface area contributed by atoms with Gasteiger partial charge in [-0.05, 0) is 25.0 Å². The van der Waals surface area contributed by atoms with Crippen LogP contribution in [0.1, 0.15) is 43.6 Å². The summed E-state index contributed by atoms with van der Waals surface area (Å²) >= 11 is 0. The third-order valence-electron chi connectivity index (χ3n) is 6.38. The molecule has 1 fully saturated rings. The third kappa shape index (κ3) is 5.45. The third-order valence-corrected chi connectivity index (χ3v) is 6.38. The second kappa shape index (κ2) is 10.2. The molecule has 0 aliphatic carbocycles. The van der Waals surface area contributed by atoms with Gasteiger partial charge in [0.15, 0.2) is 11.4 Å². The molecule has 2 amide bonds. The van der Waals surface area contributed by atoms with Gasteiger partial charge in [-0.15, -0.1) is 0 Å². The van der Waals surface area contributed by atoms with Crippen molar-refractivity contribution in [1.82, 2.24) is 25.3 Å². The van der Waals surface area contributed by atoms with Crippen LogP contribution in [-0.4, -0.2) is 65.3 Å². The molecule has 1 atom stereocenters. The van der Waals surface area contributed by atoms with Gasteiger partial charge in [0.05, 0.1) is 11.9 Å². The van der Waals surface area contributed by atoms with Crippen molar-refractivity contribution < 1.29 is 14.3 Å². The Balaban J connectivity index is 1.59. The maximum atomic E-state index is 13.2. The minimum Gasteiger partial charge on any atom is -0.485 e. The molecule has 1 aromatic carbocycles. The quantitative estimate of drug-likeness (QED) is 0.651. The molecule has 3 heterocycles. The lowest BCUT2D eigenvalue weighted by molar-refractivity contribution is -0.133. The zero-order valence-corrected chi connectivity index (χ0v) is 19.4. The van der Waals surface area contributed by atoms with Gasteiger partial charge in [-0.25, -0.2) is 4.68 Å². The fourth-order valence-corrected chi connectivity index (χ4v) is 4.54. The van der Waals surface area contributed by atoms with Crippen LogP contribution in [-0.2, 0) is 4.79 Å². The van der Waals surface area contributed by atoms with Crippen LogP contribution < -0.4 is 15.4 Å². The standard InChI is InChI=1S/C25H33N5O3/c1-25(2)18-27-24(32)23-20(17-30(28-23)19-9-4-3-5-10-19)33-16-7-6-13-26-14-12-22(31)29-15-8-11-21(25)29/h3-7,9-10,17,21,26H,8,11-16,18H2,1-2H3,(H,27,32)/b7-6+. The smallest absolute Gasteiger partial charge is 0.275 e. The van der Waals surface area contributed by atoms with Gasteiger partial charge >= 0.3 is 0 Å². The Kier molecular flexibility index (Phi) is 7.13. The number of benzene rings is 1. The van der Waals surface area contributed by atoms with Gasteiger partial charge < -0.3 is 20.3 Å². The largest absolute Gasteiger partial charge is 0.485 e. The predicted octanol–water partition coefficient (Wildman–Crippen LogP) is 2.55. The minimum absolute atomic E-state index is 0.0958. The summed E-state index contributed by atoms with van der Waals surface area (Å²) in [5.74, 6) is 0.331. The molecule has 1 saturated heterocycles. The number of aromatic nitrogens is 2. The van der Waals surface area contributed by atoms with Gasteiger partial charge in [0.2, 0.25) is 5.91 Å². The number of rotatable bonds is 1. The van der Waals surface area contributed by atoms with Crippen LogP contribution in [0.5, 0.6) is 5.75 Å². The summed E-state index contributed by atoms with van der Waals surface area (Å²) in [6, 6.07) is 9.74. The van der Waals surface area contributed by atoms with Crippen molar-refractivity contribution in [2.24, 2.45) is 5.41 Å². The first-order valence-corrected chi connectivity index (χ1v) is 11.7. The molecular weight excluding hydrogens is 418 g/mol. The maximum Gasteiger partial charge on any atom is 0.275 e. The van der Waals surface area contributed by atoms with E-state index < -0.39 is 0 Å². The van der Waals surface area contributed by atoms with Crippen LogP contribution in [0.4, 0.5) is 0 Å². The van der Waals surface area contributed by atoms with Crippen molar-refractivity contribution in [1.29, 1.82) is 0 Å². The van der Waals surface area contributed by atoms with E-state index in [9.17, 15) is 9.59 Å². The van der Waals surface area contributed by atoms with E-state index in [-0.39, 0.29) is 29.0 Å². The van der Waals surface area contributed by atoms with Gasteiger partial charge in [-0.3, -0.25) is 9.59 Å². The number of para-hydroxylation sites is 1. The fourth-order valence-electron chi connectivity index (χ4n) is 4.54. The van der Waals surface area contributed by atoms with Crippen molar-refractivity contribution in [3.8, 4) is 11.4 Å². The van der Waals surface area contributed by atoms with E-state index in [1.165, 1.54) is 0 Å². The SMILES string of the molecule is CC1(C)CNC(=O)c2nn(-c3ccccc3)cc2OC/C=C/CNCCC(=O)N2CCCC21. The maximum absolute atomic E-state index is 13.2. The lowest BCUT2D eigenvalue weighted by atomic mass is 9.82. The van der Waals surface area contributed by atoms with Crippen LogP contribution in [0.2, 0.25) is 0 Å². The molecule has 0 bridgehead atoms. The molecule has 2 aliphatic rings. The molecule has 33 heavy (non-hydrogen) atoms. The first kappa shape index (κ1) is 23.0. The molecule has 0 radical (unpaired) electrons. The van der Waals surface area contributed by atoms with Crippen LogP contribution in [0.15, 0.2) is 48.7 Å². The normalized spacial score (nSPS) is 23.1. The number of carbonyl (C=O) groups excluding carboxylic acids is 2. The molecular formula is C25H33N5O3. The molecule has 176 valence electrons. The van der Waals surface area contributed by atoms with Gasteiger partial charge in [-0.1, -0.05) is 44.2 Å². The molecule has 2 N–H and O–H groups in total. The zero-order chi connectivity index (χ0) is 23.3. The van der Waals surface area contributed by atoms with Crippen molar-refractivity contribution in [3.05, 3.63) is 54.4 Å². The molecule has 4 rings (SSSR count). The van der Waals surface area contributed by atoms with E-state index in [1.54, 1.807) is 10.9 Å². The van der Waals surface area contributed by atoms with Crippen molar-refractivity contribution in [2.75, 3.05) is 32.8 Å². The highest BCUT2D eigenvalue weighted by Gasteiger charge is 2.39. The Bertz CT molecular complexity index is 999. The Hall–Kier alpha value is -3.13. The number of nitrogens with one attached hydrogen (secondary N) is 2. The van der Waals surface area contributed by atoms with Crippen LogP contribution in [0.25, 0.3) is 5.69 Å². The van der Waals surface area contributed by atoms with Crippen LogP contribution >= 0.6 is 0 Å². The summed E-state index contributed by atoms with van der Waals surface area (Å²) in [4.78, 5) is 28.0. The molecule has 8 nitrogen and oxygen atoms in total.